The van der Waals surface area contributed by atoms with Gasteiger partial charge in [-0.3, -0.25) is 4.90 Å². The number of nitrogens with two attached hydrogens (primary N) is 1. The first kappa shape index (κ1) is 12.4. The van der Waals surface area contributed by atoms with Gasteiger partial charge in [0.2, 0.25) is 0 Å². The van der Waals surface area contributed by atoms with Gasteiger partial charge in [0, 0.05) is 18.6 Å². The predicted molar refractivity (Wildman–Crippen MR) is 69.4 cm³/mol. The molecule has 0 aromatic rings. The Kier molecular flexibility index (Phi) is 3.91. The molecule has 0 radical (unpaired) electrons. The van der Waals surface area contributed by atoms with Crippen molar-refractivity contribution < 1.29 is 0 Å². The Bertz CT molecular complexity index is 223. The molecular weight excluding hydrogens is 196 g/mol. The molecule has 2 atom stereocenters. The summed E-state index contributed by atoms with van der Waals surface area (Å²) in [6, 6.07) is 0. The average molecular weight is 224 g/mol. The van der Waals surface area contributed by atoms with Gasteiger partial charge in [-0.25, -0.2) is 0 Å². The molecule has 2 fully saturated rings. The minimum Gasteiger partial charge on any atom is -0.329 e. The van der Waals surface area contributed by atoms with Gasteiger partial charge in [-0.15, -0.1) is 0 Å². The van der Waals surface area contributed by atoms with E-state index in [4.69, 9.17) is 5.73 Å². The van der Waals surface area contributed by atoms with Crippen LogP contribution in [0.5, 0.6) is 0 Å². The van der Waals surface area contributed by atoms with Crippen LogP contribution in [0.4, 0.5) is 0 Å². The molecule has 94 valence electrons. The third kappa shape index (κ3) is 2.43. The average Bonchev–Trinajstić information content (AvgIpc) is 2.88. The van der Waals surface area contributed by atoms with Gasteiger partial charge in [-0.1, -0.05) is 19.8 Å². The van der Waals surface area contributed by atoms with Gasteiger partial charge in [-0.05, 0) is 51.0 Å². The molecule has 0 saturated heterocycles. The second-order valence-corrected chi connectivity index (χ2v) is 6.31. The van der Waals surface area contributed by atoms with Crippen molar-refractivity contribution in [3.63, 3.8) is 0 Å². The van der Waals surface area contributed by atoms with E-state index in [2.05, 4.69) is 18.9 Å². The van der Waals surface area contributed by atoms with Crippen LogP contribution in [0.3, 0.4) is 0 Å². The highest BCUT2D eigenvalue weighted by molar-refractivity contribution is 4.97. The maximum Gasteiger partial charge on any atom is 0.0331 e. The summed E-state index contributed by atoms with van der Waals surface area (Å²) in [7, 11) is 2.31. The zero-order valence-electron chi connectivity index (χ0n) is 11.0. The molecule has 2 heteroatoms. The lowest BCUT2D eigenvalue weighted by atomic mass is 9.93. The van der Waals surface area contributed by atoms with E-state index in [9.17, 15) is 0 Å². The Morgan fingerprint density at radius 3 is 2.44 bits per heavy atom. The summed E-state index contributed by atoms with van der Waals surface area (Å²) >= 11 is 0. The van der Waals surface area contributed by atoms with Crippen LogP contribution in [0.1, 0.15) is 51.9 Å². The Balaban J connectivity index is 1.92. The van der Waals surface area contributed by atoms with Gasteiger partial charge < -0.3 is 5.73 Å². The second-order valence-electron chi connectivity index (χ2n) is 6.31. The molecule has 0 aliphatic heterocycles. The van der Waals surface area contributed by atoms with Crippen LogP contribution in [-0.4, -0.2) is 30.6 Å². The molecule has 16 heavy (non-hydrogen) atoms. The van der Waals surface area contributed by atoms with E-state index in [1.807, 2.05) is 0 Å². The molecule has 0 heterocycles. The normalized spacial score (nSPS) is 36.4. The van der Waals surface area contributed by atoms with Crippen LogP contribution in [0.2, 0.25) is 0 Å². The highest BCUT2D eigenvalue weighted by Gasteiger charge is 2.40. The molecular formula is C14H28N2. The maximum atomic E-state index is 6.06. The molecule has 2 saturated carbocycles. The third-order valence-electron chi connectivity index (χ3n) is 5.03. The lowest BCUT2D eigenvalue weighted by molar-refractivity contribution is 0.108. The second kappa shape index (κ2) is 5.05. The maximum absolute atomic E-state index is 6.06. The first-order valence-electron chi connectivity index (χ1n) is 7.07. The third-order valence-corrected chi connectivity index (χ3v) is 5.03. The quantitative estimate of drug-likeness (QED) is 0.795. The zero-order chi connectivity index (χ0) is 11.6. The van der Waals surface area contributed by atoms with E-state index in [1.54, 1.807) is 0 Å². The lowest BCUT2D eigenvalue weighted by Gasteiger charge is -2.39. The fraction of sp³-hybridized carbons (Fsp3) is 1.00. The van der Waals surface area contributed by atoms with Crippen molar-refractivity contribution in [3.05, 3.63) is 0 Å². The number of hydrogen-bond donors (Lipinski definition) is 1. The molecule has 2 N–H and O–H groups in total. The fourth-order valence-electron chi connectivity index (χ4n) is 3.83. The van der Waals surface area contributed by atoms with Crippen LogP contribution < -0.4 is 5.73 Å². The molecule has 2 rings (SSSR count). The van der Waals surface area contributed by atoms with Gasteiger partial charge in [0.05, 0.1) is 0 Å². The van der Waals surface area contributed by atoms with Crippen LogP contribution in [0.15, 0.2) is 0 Å². The van der Waals surface area contributed by atoms with Gasteiger partial charge in [0.1, 0.15) is 0 Å². The molecule has 2 unspecified atom stereocenters. The number of hydrogen-bond acceptors (Lipinski definition) is 2. The Morgan fingerprint density at radius 1 is 1.25 bits per heavy atom. The Labute approximate surface area is 101 Å². The van der Waals surface area contributed by atoms with Crippen molar-refractivity contribution in [1.82, 2.24) is 4.90 Å². The lowest BCUT2D eigenvalue weighted by Crippen LogP contribution is -2.51. The van der Waals surface area contributed by atoms with Crippen molar-refractivity contribution in [2.45, 2.75) is 57.4 Å². The molecule has 0 aromatic carbocycles. The fourth-order valence-corrected chi connectivity index (χ4v) is 3.83. The molecule has 2 aliphatic rings. The summed E-state index contributed by atoms with van der Waals surface area (Å²) in [4.78, 5) is 2.60. The first-order valence-corrected chi connectivity index (χ1v) is 7.07. The van der Waals surface area contributed by atoms with Crippen molar-refractivity contribution in [1.29, 1.82) is 0 Å². The summed E-state index contributed by atoms with van der Waals surface area (Å²) in [5.74, 6) is 1.82. The van der Waals surface area contributed by atoms with Gasteiger partial charge >= 0.3 is 0 Å². The molecule has 2 aliphatic carbocycles. The van der Waals surface area contributed by atoms with Crippen molar-refractivity contribution in [3.8, 4) is 0 Å². The molecule has 0 aromatic heterocycles. The van der Waals surface area contributed by atoms with E-state index in [-0.39, 0.29) is 0 Å². The highest BCUT2D eigenvalue weighted by atomic mass is 15.2. The molecule has 0 amide bonds. The molecule has 0 spiro atoms. The van der Waals surface area contributed by atoms with Crippen LogP contribution in [0.25, 0.3) is 0 Å². The predicted octanol–water partition coefficient (Wildman–Crippen LogP) is 2.63. The summed E-state index contributed by atoms with van der Waals surface area (Å²) in [5, 5.41) is 0. The minimum atomic E-state index is 0.335. The first-order chi connectivity index (χ1) is 7.66. The smallest absolute Gasteiger partial charge is 0.0331 e. The standard InChI is InChI=1S/C14H28N2/c1-12-7-8-14(9-12,11-15)16(2)10-13-5-3-4-6-13/h12-13H,3-11,15H2,1-2H3. The SMILES string of the molecule is CC1CCC(CN)(N(C)CC2CCCC2)C1. The topological polar surface area (TPSA) is 29.3 Å². The minimum absolute atomic E-state index is 0.335. The van der Waals surface area contributed by atoms with Crippen molar-refractivity contribution in [2.24, 2.45) is 17.6 Å². The van der Waals surface area contributed by atoms with Gasteiger partial charge in [-0.2, -0.15) is 0 Å². The van der Waals surface area contributed by atoms with Crippen molar-refractivity contribution >= 4 is 0 Å². The monoisotopic (exact) mass is 224 g/mol. The number of nitrogens with zero attached hydrogens (tertiary/aromatic N) is 1. The van der Waals surface area contributed by atoms with E-state index >= 15 is 0 Å². The summed E-state index contributed by atoms with van der Waals surface area (Å²) in [6.45, 7) is 4.51. The van der Waals surface area contributed by atoms with E-state index in [0.29, 0.717) is 5.54 Å². The largest absolute Gasteiger partial charge is 0.329 e. The van der Waals surface area contributed by atoms with Crippen LogP contribution >= 0.6 is 0 Å². The highest BCUT2D eigenvalue weighted by Crippen LogP contribution is 2.39. The summed E-state index contributed by atoms with van der Waals surface area (Å²) < 4.78 is 0. The zero-order valence-corrected chi connectivity index (χ0v) is 11.0. The Hall–Kier alpha value is -0.0800. The molecule has 0 bridgehead atoms. The Morgan fingerprint density at radius 2 is 1.94 bits per heavy atom. The van der Waals surface area contributed by atoms with E-state index in [0.717, 1.165) is 18.4 Å². The summed E-state index contributed by atoms with van der Waals surface area (Å²) in [5.41, 5.74) is 6.40. The van der Waals surface area contributed by atoms with Gasteiger partial charge in [0.25, 0.3) is 0 Å². The number of likely N-dealkylation sites (N-methyl/N-ethyl adjacent to an activating group) is 1. The van der Waals surface area contributed by atoms with Crippen LogP contribution in [0, 0.1) is 11.8 Å². The van der Waals surface area contributed by atoms with Crippen LogP contribution in [-0.2, 0) is 0 Å². The number of rotatable bonds is 4. The van der Waals surface area contributed by atoms with Gasteiger partial charge in [0.15, 0.2) is 0 Å². The van der Waals surface area contributed by atoms with Crippen molar-refractivity contribution in [2.75, 3.05) is 20.1 Å². The van der Waals surface area contributed by atoms with E-state index in [1.165, 1.54) is 51.5 Å². The van der Waals surface area contributed by atoms with E-state index < -0.39 is 0 Å². The molecule has 2 nitrogen and oxygen atoms in total. The summed E-state index contributed by atoms with van der Waals surface area (Å²) in [6.07, 6.45) is 9.78.